The number of hydrogen-bond donors (Lipinski definition) is 1. The number of hydrogen-bond acceptors (Lipinski definition) is 5. The summed E-state index contributed by atoms with van der Waals surface area (Å²) in [6, 6.07) is 7.51. The molecule has 33 heavy (non-hydrogen) atoms. The third-order valence-corrected chi connectivity index (χ3v) is 4.38. The molecule has 13 heteroatoms. The molecule has 4 aromatic rings. The monoisotopic (exact) mass is 467 g/mol. The number of nitrogens with one attached hydrogen (secondary N) is 1. The Morgan fingerprint density at radius 3 is 2.45 bits per heavy atom. The molecule has 0 fully saturated rings. The van der Waals surface area contributed by atoms with Crippen molar-refractivity contribution >= 4 is 11.6 Å². The van der Waals surface area contributed by atoms with Gasteiger partial charge >= 0.3 is 12.4 Å². The van der Waals surface area contributed by atoms with Crippen LogP contribution in [0.1, 0.15) is 21.6 Å². The largest absolute Gasteiger partial charge is 0.418 e. The van der Waals surface area contributed by atoms with Gasteiger partial charge in [0.05, 0.1) is 34.9 Å². The number of halogens is 6. The lowest BCUT2D eigenvalue weighted by molar-refractivity contribution is -0.143. The SMILES string of the molecule is O=C(Nc1cnn(-c2ccc(C(F)(F)F)cc2C(F)(F)F)c1)c1cc(-c2ccccn2)on1. The normalized spacial score (nSPS) is 12.1. The number of carbonyl (C=O) groups is 1. The minimum absolute atomic E-state index is 0.00378. The molecule has 1 aromatic carbocycles. The van der Waals surface area contributed by atoms with Gasteiger partial charge < -0.3 is 9.84 Å². The van der Waals surface area contributed by atoms with Gasteiger partial charge in [-0.15, -0.1) is 0 Å². The van der Waals surface area contributed by atoms with E-state index in [2.05, 4.69) is 20.6 Å². The molecule has 0 saturated heterocycles. The molecule has 3 aromatic heterocycles. The average Bonchev–Trinajstić information content (AvgIpc) is 3.43. The van der Waals surface area contributed by atoms with Gasteiger partial charge in [0.25, 0.3) is 5.91 Å². The second-order valence-corrected chi connectivity index (χ2v) is 6.65. The van der Waals surface area contributed by atoms with Crippen LogP contribution in [0.2, 0.25) is 0 Å². The molecule has 3 heterocycles. The van der Waals surface area contributed by atoms with Gasteiger partial charge in [-0.25, -0.2) is 4.68 Å². The quantitative estimate of drug-likeness (QED) is 0.417. The molecule has 0 aliphatic rings. The second-order valence-electron chi connectivity index (χ2n) is 6.65. The summed E-state index contributed by atoms with van der Waals surface area (Å²) in [5, 5.41) is 9.72. The molecule has 0 atom stereocenters. The number of rotatable bonds is 4. The van der Waals surface area contributed by atoms with Crippen LogP contribution in [0.3, 0.4) is 0 Å². The van der Waals surface area contributed by atoms with E-state index < -0.39 is 35.1 Å². The molecule has 7 nitrogen and oxygen atoms in total. The number of nitrogens with zero attached hydrogens (tertiary/aromatic N) is 4. The number of aromatic nitrogens is 4. The van der Waals surface area contributed by atoms with Gasteiger partial charge in [-0.1, -0.05) is 11.2 Å². The number of pyridine rings is 1. The lowest BCUT2D eigenvalue weighted by atomic mass is 10.1. The van der Waals surface area contributed by atoms with Crippen molar-refractivity contribution in [2.24, 2.45) is 0 Å². The van der Waals surface area contributed by atoms with E-state index in [0.29, 0.717) is 22.5 Å². The smallest absolute Gasteiger partial charge is 0.354 e. The maximum Gasteiger partial charge on any atom is 0.418 e. The van der Waals surface area contributed by atoms with Crippen molar-refractivity contribution in [1.82, 2.24) is 19.9 Å². The summed E-state index contributed by atoms with van der Waals surface area (Å²) in [5.74, 6) is -0.528. The van der Waals surface area contributed by atoms with Crippen LogP contribution in [-0.2, 0) is 12.4 Å². The van der Waals surface area contributed by atoms with Gasteiger partial charge in [-0.3, -0.25) is 9.78 Å². The number of carbonyl (C=O) groups excluding carboxylic acids is 1. The molecule has 170 valence electrons. The predicted molar refractivity (Wildman–Crippen MR) is 101 cm³/mol. The first-order chi connectivity index (χ1) is 15.5. The molecule has 0 unspecified atom stereocenters. The Labute approximate surface area is 180 Å². The fourth-order valence-electron chi connectivity index (χ4n) is 2.86. The minimum Gasteiger partial charge on any atom is -0.354 e. The highest BCUT2D eigenvalue weighted by molar-refractivity contribution is 6.03. The Kier molecular flexibility index (Phi) is 5.39. The topological polar surface area (TPSA) is 85.8 Å². The van der Waals surface area contributed by atoms with Crippen molar-refractivity contribution in [3.63, 3.8) is 0 Å². The highest BCUT2D eigenvalue weighted by Gasteiger charge is 2.38. The van der Waals surface area contributed by atoms with E-state index in [1.54, 1.807) is 18.2 Å². The Balaban J connectivity index is 1.57. The summed E-state index contributed by atoms with van der Waals surface area (Å²) in [4.78, 5) is 16.4. The number of alkyl halides is 6. The van der Waals surface area contributed by atoms with Gasteiger partial charge in [-0.05, 0) is 30.3 Å². The summed E-state index contributed by atoms with van der Waals surface area (Å²) in [5.41, 5.74) is -3.35. The molecule has 0 saturated carbocycles. The van der Waals surface area contributed by atoms with Crippen molar-refractivity contribution in [2.45, 2.75) is 12.4 Å². The van der Waals surface area contributed by atoms with E-state index in [1.807, 2.05) is 0 Å². The van der Waals surface area contributed by atoms with Crippen molar-refractivity contribution in [1.29, 1.82) is 0 Å². The van der Waals surface area contributed by atoms with Crippen molar-refractivity contribution < 1.29 is 35.7 Å². The van der Waals surface area contributed by atoms with Gasteiger partial charge in [-0.2, -0.15) is 31.4 Å². The third kappa shape index (κ3) is 4.71. The molecule has 0 radical (unpaired) electrons. The number of amides is 1. The first kappa shape index (κ1) is 22.0. The summed E-state index contributed by atoms with van der Waals surface area (Å²) < 4.78 is 84.5. The standard InChI is InChI=1S/C20H11F6N5O2/c21-19(22,23)11-4-5-16(13(7-11)20(24,25)26)31-10-12(9-28-31)29-18(32)15-8-17(33-30-15)14-3-1-2-6-27-14/h1-10H,(H,29,32). The molecule has 1 N–H and O–H groups in total. The van der Waals surface area contributed by atoms with Crippen LogP contribution >= 0.6 is 0 Å². The molecule has 0 aliphatic heterocycles. The van der Waals surface area contributed by atoms with Crippen molar-refractivity contribution in [2.75, 3.05) is 5.32 Å². The zero-order valence-electron chi connectivity index (χ0n) is 16.1. The van der Waals surface area contributed by atoms with Crippen molar-refractivity contribution in [3.05, 3.63) is 77.9 Å². The first-order valence-electron chi connectivity index (χ1n) is 9.05. The van der Waals surface area contributed by atoms with Crippen LogP contribution < -0.4 is 5.32 Å². The summed E-state index contributed by atoms with van der Waals surface area (Å²) >= 11 is 0. The molecule has 1 amide bonds. The molecule has 0 aliphatic carbocycles. The number of benzene rings is 1. The molecular formula is C20H11F6N5O2. The Bertz CT molecular complexity index is 1290. The number of anilines is 1. The van der Waals surface area contributed by atoms with E-state index in [-0.39, 0.29) is 23.2 Å². The molecular weight excluding hydrogens is 456 g/mol. The van der Waals surface area contributed by atoms with Crippen LogP contribution in [-0.4, -0.2) is 25.8 Å². The summed E-state index contributed by atoms with van der Waals surface area (Å²) in [7, 11) is 0. The maximum absolute atomic E-state index is 13.4. The molecule has 0 spiro atoms. The second kappa shape index (κ2) is 8.07. The lowest BCUT2D eigenvalue weighted by Crippen LogP contribution is -2.15. The summed E-state index contributed by atoms with van der Waals surface area (Å²) in [6.45, 7) is 0. The lowest BCUT2D eigenvalue weighted by Gasteiger charge is -2.15. The zero-order chi connectivity index (χ0) is 23.8. The van der Waals surface area contributed by atoms with Gasteiger partial charge in [0.1, 0.15) is 5.69 Å². The Morgan fingerprint density at radius 1 is 1.00 bits per heavy atom. The van der Waals surface area contributed by atoms with E-state index in [4.69, 9.17) is 4.52 Å². The Hall–Kier alpha value is -4.16. The third-order valence-electron chi connectivity index (χ3n) is 4.38. The van der Waals surface area contributed by atoms with E-state index in [9.17, 15) is 31.1 Å². The van der Waals surface area contributed by atoms with Crippen LogP contribution in [0.5, 0.6) is 0 Å². The van der Waals surface area contributed by atoms with Gasteiger partial charge in [0, 0.05) is 12.3 Å². The Morgan fingerprint density at radius 2 is 1.79 bits per heavy atom. The molecule has 0 bridgehead atoms. The van der Waals surface area contributed by atoms with E-state index >= 15 is 0 Å². The van der Waals surface area contributed by atoms with E-state index in [1.165, 1.54) is 12.3 Å². The predicted octanol–water partition coefficient (Wildman–Crippen LogP) is 5.21. The fourth-order valence-corrected chi connectivity index (χ4v) is 2.86. The van der Waals surface area contributed by atoms with E-state index in [0.717, 1.165) is 12.4 Å². The summed E-state index contributed by atoms with van der Waals surface area (Å²) in [6.07, 6.45) is -6.45. The minimum atomic E-state index is -5.07. The van der Waals surface area contributed by atoms with Gasteiger partial charge in [0.15, 0.2) is 11.5 Å². The zero-order valence-corrected chi connectivity index (χ0v) is 16.1. The molecule has 4 rings (SSSR count). The van der Waals surface area contributed by atoms with Crippen molar-refractivity contribution in [3.8, 4) is 17.1 Å². The van der Waals surface area contributed by atoms with Crippen LogP contribution in [0.4, 0.5) is 32.0 Å². The van der Waals surface area contributed by atoms with Crippen LogP contribution in [0, 0.1) is 0 Å². The average molecular weight is 467 g/mol. The first-order valence-corrected chi connectivity index (χ1v) is 9.05. The van der Waals surface area contributed by atoms with Crippen LogP contribution in [0.25, 0.3) is 17.1 Å². The fraction of sp³-hybridized carbons (Fsp3) is 0.100. The van der Waals surface area contributed by atoms with Crippen LogP contribution in [0.15, 0.2) is 65.6 Å². The van der Waals surface area contributed by atoms with Gasteiger partial charge in [0.2, 0.25) is 0 Å². The highest BCUT2D eigenvalue weighted by Crippen LogP contribution is 2.38. The maximum atomic E-state index is 13.4. The highest BCUT2D eigenvalue weighted by atomic mass is 19.4.